The van der Waals surface area contributed by atoms with E-state index < -0.39 is 0 Å². The van der Waals surface area contributed by atoms with Gasteiger partial charge >= 0.3 is 0 Å². The molecule has 1 N–H and O–H groups in total. The Balaban J connectivity index is 2.65. The highest BCUT2D eigenvalue weighted by molar-refractivity contribution is 9.09. The second-order valence-corrected chi connectivity index (χ2v) is 3.44. The van der Waals surface area contributed by atoms with Gasteiger partial charge in [0.2, 0.25) is 0 Å². The van der Waals surface area contributed by atoms with Crippen LogP contribution in [0.1, 0.15) is 13.3 Å². The molecule has 1 atom stereocenters. The molecule has 0 bridgehead atoms. The Morgan fingerprint density at radius 1 is 1.89 bits per heavy atom. The number of halogens is 1. The summed E-state index contributed by atoms with van der Waals surface area (Å²) in [5.74, 6) is 0. The lowest BCUT2D eigenvalue weighted by molar-refractivity contribution is 0.826. The van der Waals surface area contributed by atoms with Gasteiger partial charge in [-0.1, -0.05) is 28.1 Å². The number of alkyl halides is 1. The van der Waals surface area contributed by atoms with Crippen LogP contribution in [0, 0.1) is 0 Å². The van der Waals surface area contributed by atoms with Crippen molar-refractivity contribution >= 4 is 15.9 Å². The first-order chi connectivity index (χ1) is 4.20. The summed E-state index contributed by atoms with van der Waals surface area (Å²) in [6, 6.07) is 0. The Hall–Kier alpha value is -0.240. The predicted molar refractivity (Wildman–Crippen MR) is 43.4 cm³/mol. The third-order valence-corrected chi connectivity index (χ3v) is 2.26. The average Bonchev–Trinajstić information content (AvgIpc) is 1.80. The smallest absolute Gasteiger partial charge is 0.0577 e. The molecule has 50 valence electrons. The minimum absolute atomic E-state index is 0.419. The number of hydrogen-bond donors (Lipinski definition) is 1. The third kappa shape index (κ3) is 1.58. The van der Waals surface area contributed by atoms with E-state index in [2.05, 4.69) is 34.7 Å². The molecule has 0 spiro atoms. The maximum Gasteiger partial charge on any atom is 0.0577 e. The van der Waals surface area contributed by atoms with E-state index in [4.69, 9.17) is 0 Å². The molecule has 1 heterocycles. The molecule has 1 rings (SSSR count). The fourth-order valence-electron chi connectivity index (χ4n) is 0.771. The molecule has 1 aliphatic heterocycles. The van der Waals surface area contributed by atoms with Gasteiger partial charge < -0.3 is 5.32 Å². The van der Waals surface area contributed by atoms with E-state index in [0.29, 0.717) is 4.83 Å². The Kier molecular flexibility index (Phi) is 1.96. The Morgan fingerprint density at radius 2 is 2.56 bits per heavy atom. The van der Waals surface area contributed by atoms with Crippen molar-refractivity contribution in [3.8, 4) is 0 Å². The lowest BCUT2D eigenvalue weighted by Gasteiger charge is -2.18. The summed E-state index contributed by atoms with van der Waals surface area (Å²) in [5.41, 5.74) is 2.42. The van der Waals surface area contributed by atoms with E-state index in [1.165, 1.54) is 5.57 Å². The number of hydrogen-bond acceptors (Lipinski definition) is 1. The zero-order valence-electron chi connectivity index (χ0n) is 5.45. The molecule has 1 unspecified atom stereocenters. The van der Waals surface area contributed by atoms with Gasteiger partial charge in [-0.2, -0.15) is 0 Å². The van der Waals surface area contributed by atoms with Gasteiger partial charge in [-0.3, -0.25) is 0 Å². The maximum atomic E-state index is 3.83. The van der Waals surface area contributed by atoms with Crippen LogP contribution in [0.25, 0.3) is 0 Å². The molecule has 9 heavy (non-hydrogen) atoms. The summed E-state index contributed by atoms with van der Waals surface area (Å²) in [5, 5.41) is 3.08. The minimum Gasteiger partial charge on any atom is -0.365 e. The second-order valence-electron chi connectivity index (χ2n) is 2.33. The van der Waals surface area contributed by atoms with Crippen LogP contribution in [0.5, 0.6) is 0 Å². The summed E-state index contributed by atoms with van der Waals surface area (Å²) in [6.07, 6.45) is 3.08. The summed E-state index contributed by atoms with van der Waals surface area (Å²) in [4.78, 5) is 0.419. The molecule has 0 aromatic rings. The molecule has 0 amide bonds. The molecule has 0 aliphatic carbocycles. The normalized spacial score (nSPS) is 27.1. The van der Waals surface area contributed by atoms with Gasteiger partial charge in [0, 0.05) is 5.70 Å². The fraction of sp³-hybridized carbons (Fsp3) is 0.429. The van der Waals surface area contributed by atoms with Gasteiger partial charge in [0.05, 0.1) is 4.83 Å². The highest BCUT2D eigenvalue weighted by atomic mass is 79.9. The van der Waals surface area contributed by atoms with E-state index in [1.807, 2.05) is 6.20 Å². The molecule has 1 nitrogen and oxygen atoms in total. The van der Waals surface area contributed by atoms with E-state index in [-0.39, 0.29) is 0 Å². The van der Waals surface area contributed by atoms with Crippen LogP contribution in [0.15, 0.2) is 24.0 Å². The van der Waals surface area contributed by atoms with Gasteiger partial charge in [-0.05, 0) is 19.5 Å². The van der Waals surface area contributed by atoms with E-state index in [1.54, 1.807) is 0 Å². The van der Waals surface area contributed by atoms with Crippen molar-refractivity contribution in [1.29, 1.82) is 0 Å². The minimum atomic E-state index is 0.419. The topological polar surface area (TPSA) is 12.0 Å². The molecule has 0 saturated carbocycles. The van der Waals surface area contributed by atoms with Crippen LogP contribution in [-0.4, -0.2) is 4.83 Å². The van der Waals surface area contributed by atoms with Crippen molar-refractivity contribution in [2.24, 2.45) is 0 Å². The summed E-state index contributed by atoms with van der Waals surface area (Å²) in [6.45, 7) is 5.93. The monoisotopic (exact) mass is 187 g/mol. The van der Waals surface area contributed by atoms with Gasteiger partial charge in [0.1, 0.15) is 0 Å². The molecular weight excluding hydrogens is 178 g/mol. The second kappa shape index (κ2) is 2.56. The zero-order valence-corrected chi connectivity index (χ0v) is 7.03. The molecule has 0 radical (unpaired) electrons. The van der Waals surface area contributed by atoms with Crippen LogP contribution in [-0.2, 0) is 0 Å². The van der Waals surface area contributed by atoms with Crippen LogP contribution in [0.3, 0.4) is 0 Å². The first-order valence-electron chi connectivity index (χ1n) is 2.95. The predicted octanol–water partition coefficient (Wildman–Crippen LogP) is 2.16. The van der Waals surface area contributed by atoms with Gasteiger partial charge in [0.15, 0.2) is 0 Å². The van der Waals surface area contributed by atoms with Crippen molar-refractivity contribution in [1.82, 2.24) is 5.32 Å². The first-order valence-corrected chi connectivity index (χ1v) is 3.87. The summed E-state index contributed by atoms with van der Waals surface area (Å²) in [7, 11) is 0. The molecule has 0 saturated heterocycles. The average molecular weight is 188 g/mol. The van der Waals surface area contributed by atoms with Crippen LogP contribution in [0.2, 0.25) is 0 Å². The molecule has 2 heteroatoms. The number of nitrogens with one attached hydrogen (secondary N) is 1. The Bertz CT molecular complexity index is 160. The highest BCUT2D eigenvalue weighted by Crippen LogP contribution is 2.20. The Labute approximate surface area is 64.0 Å². The van der Waals surface area contributed by atoms with Crippen LogP contribution < -0.4 is 5.32 Å². The summed E-state index contributed by atoms with van der Waals surface area (Å²) < 4.78 is 0. The van der Waals surface area contributed by atoms with Gasteiger partial charge in [-0.15, -0.1) is 0 Å². The fourth-order valence-corrected chi connectivity index (χ4v) is 1.41. The van der Waals surface area contributed by atoms with E-state index >= 15 is 0 Å². The largest absolute Gasteiger partial charge is 0.365 e. The van der Waals surface area contributed by atoms with Crippen molar-refractivity contribution in [2.75, 3.05) is 0 Å². The maximum absolute atomic E-state index is 3.83. The van der Waals surface area contributed by atoms with Crippen molar-refractivity contribution < 1.29 is 0 Å². The van der Waals surface area contributed by atoms with Crippen molar-refractivity contribution in [2.45, 2.75) is 18.2 Å². The highest BCUT2D eigenvalue weighted by Gasteiger charge is 2.11. The summed E-state index contributed by atoms with van der Waals surface area (Å²) >= 11 is 3.49. The standard InChI is InChI=1S/C7H10BrN/c1-5-3-7(8)6(2)9-4-5/h4,7,9H,2-3H2,1H3. The van der Waals surface area contributed by atoms with Gasteiger partial charge in [0.25, 0.3) is 0 Å². The molecule has 0 fully saturated rings. The molecule has 0 aromatic carbocycles. The quantitative estimate of drug-likeness (QED) is 0.574. The first kappa shape index (κ1) is 6.87. The number of rotatable bonds is 0. The molecule has 1 aliphatic rings. The lowest BCUT2D eigenvalue weighted by atomic mass is 10.1. The van der Waals surface area contributed by atoms with Crippen LogP contribution >= 0.6 is 15.9 Å². The van der Waals surface area contributed by atoms with E-state index in [0.717, 1.165) is 12.1 Å². The Morgan fingerprint density at radius 3 is 3.00 bits per heavy atom. The SMILES string of the molecule is C=C1NC=C(C)CC1Br. The van der Waals surface area contributed by atoms with Crippen molar-refractivity contribution in [3.63, 3.8) is 0 Å². The third-order valence-electron chi connectivity index (χ3n) is 1.38. The lowest BCUT2D eigenvalue weighted by Crippen LogP contribution is -2.19. The van der Waals surface area contributed by atoms with Gasteiger partial charge in [-0.25, -0.2) is 0 Å². The molecular formula is C7H10BrN. The van der Waals surface area contributed by atoms with Crippen molar-refractivity contribution in [3.05, 3.63) is 24.0 Å². The zero-order chi connectivity index (χ0) is 6.85. The van der Waals surface area contributed by atoms with Crippen LogP contribution in [0.4, 0.5) is 0 Å². The van der Waals surface area contributed by atoms with E-state index in [9.17, 15) is 0 Å². The number of allylic oxidation sites excluding steroid dienone is 2. The molecule has 0 aromatic heterocycles.